The summed E-state index contributed by atoms with van der Waals surface area (Å²) in [5.74, 6) is 2.78. The maximum absolute atomic E-state index is 14.0. The molecule has 4 aromatic heterocycles. The Morgan fingerprint density at radius 2 is 1.34 bits per heavy atom. The Balaban J connectivity index is 0.811. The predicted molar refractivity (Wildman–Crippen MR) is 239 cm³/mol. The van der Waals surface area contributed by atoms with E-state index in [1.807, 2.05) is 69.3 Å². The number of carbonyl (C=O) groups excluding carboxylic acids is 4. The molecule has 10 unspecified atom stereocenters. The fourth-order valence-corrected chi connectivity index (χ4v) is 10.7. The zero-order valence-electron chi connectivity index (χ0n) is 37.2. The number of imidazole rings is 2. The number of hydrogen-bond acceptors (Lipinski definition) is 10. The smallest absolute Gasteiger partial charge is 0.407 e. The Kier molecular flexibility index (Phi) is 9.91. The summed E-state index contributed by atoms with van der Waals surface area (Å²) in [6.07, 6.45) is 4.11. The summed E-state index contributed by atoms with van der Waals surface area (Å²) in [5, 5.41) is 8.56. The average molecular weight is 867 g/mol. The molecule has 2 aromatic carbocycles. The number of nitrogens with zero attached hydrogens (tertiary/aromatic N) is 5. The number of aromatic nitrogens is 6. The van der Waals surface area contributed by atoms with Crippen molar-refractivity contribution in [3.05, 3.63) is 72.6 Å². The highest BCUT2D eigenvalue weighted by atomic mass is 16.5. The van der Waals surface area contributed by atoms with Gasteiger partial charge in [0.2, 0.25) is 11.8 Å². The van der Waals surface area contributed by atoms with E-state index in [9.17, 15) is 19.2 Å². The van der Waals surface area contributed by atoms with Gasteiger partial charge in [-0.15, -0.1) is 0 Å². The van der Waals surface area contributed by atoms with E-state index in [0.717, 1.165) is 79.8 Å². The highest BCUT2D eigenvalue weighted by molar-refractivity contribution is 5.90. The molecule has 332 valence electrons. The second kappa shape index (κ2) is 15.3. The van der Waals surface area contributed by atoms with Gasteiger partial charge in [-0.2, -0.15) is 0 Å². The van der Waals surface area contributed by atoms with Gasteiger partial charge in [0.25, 0.3) is 0 Å². The summed E-state index contributed by atoms with van der Waals surface area (Å²) in [7, 11) is 2.59. The van der Waals surface area contributed by atoms with E-state index in [1.54, 1.807) is 0 Å². The molecule has 16 nitrogen and oxygen atoms in total. The van der Waals surface area contributed by atoms with E-state index < -0.39 is 24.3 Å². The molecule has 0 spiro atoms. The summed E-state index contributed by atoms with van der Waals surface area (Å²) < 4.78 is 9.55. The van der Waals surface area contributed by atoms with Gasteiger partial charge < -0.3 is 40.3 Å². The first kappa shape index (κ1) is 41.4. The molecule has 16 heteroatoms. The van der Waals surface area contributed by atoms with Crippen LogP contribution < -0.4 is 16.0 Å². The minimum Gasteiger partial charge on any atom is -0.453 e. The molecule has 5 N–H and O–H groups in total. The largest absolute Gasteiger partial charge is 0.453 e. The van der Waals surface area contributed by atoms with E-state index in [2.05, 4.69) is 64.0 Å². The monoisotopic (exact) mass is 866 g/mol. The van der Waals surface area contributed by atoms with Gasteiger partial charge in [0.05, 0.1) is 53.4 Å². The van der Waals surface area contributed by atoms with E-state index in [-0.39, 0.29) is 47.2 Å². The average Bonchev–Trinajstić information content (AvgIpc) is 3.98. The van der Waals surface area contributed by atoms with Crippen LogP contribution in [0, 0.1) is 40.9 Å². The van der Waals surface area contributed by atoms with E-state index >= 15 is 0 Å². The second-order valence-corrected chi connectivity index (χ2v) is 19.2. The van der Waals surface area contributed by atoms with Crippen LogP contribution in [0.3, 0.4) is 0 Å². The number of benzene rings is 2. The molecule has 4 amide bonds. The molecule has 10 rings (SSSR count). The van der Waals surface area contributed by atoms with Gasteiger partial charge in [-0.1, -0.05) is 53.7 Å². The first-order valence-corrected chi connectivity index (χ1v) is 22.2. The van der Waals surface area contributed by atoms with Crippen molar-refractivity contribution in [3.63, 3.8) is 0 Å². The zero-order chi connectivity index (χ0) is 44.9. The van der Waals surface area contributed by atoms with Crippen LogP contribution >= 0.6 is 0 Å². The number of H-pyrrole nitrogens is 2. The van der Waals surface area contributed by atoms with Crippen molar-refractivity contribution in [1.29, 1.82) is 0 Å². The molecule has 0 bridgehead atoms. The van der Waals surface area contributed by atoms with Crippen molar-refractivity contribution in [1.82, 2.24) is 50.8 Å². The molecule has 1 saturated heterocycles. The van der Waals surface area contributed by atoms with Gasteiger partial charge in [-0.05, 0) is 94.9 Å². The maximum Gasteiger partial charge on any atom is 0.407 e. The Labute approximate surface area is 370 Å². The fourth-order valence-electron chi connectivity index (χ4n) is 10.7. The third-order valence-electron chi connectivity index (χ3n) is 14.7. The minimum absolute atomic E-state index is 0.0241. The van der Waals surface area contributed by atoms with Gasteiger partial charge in [0, 0.05) is 42.0 Å². The molecule has 1 aliphatic heterocycles. The quantitative estimate of drug-likeness (QED) is 0.0882. The number of likely N-dealkylation sites (tertiary alicyclic amines) is 1. The van der Waals surface area contributed by atoms with Crippen molar-refractivity contribution in [2.24, 2.45) is 40.9 Å². The van der Waals surface area contributed by atoms with Gasteiger partial charge in [0.1, 0.15) is 23.7 Å². The van der Waals surface area contributed by atoms with Crippen LogP contribution in [0.4, 0.5) is 9.59 Å². The second-order valence-electron chi connectivity index (χ2n) is 19.2. The number of ether oxygens (including phenoxy) is 2. The molecular weight excluding hydrogens is 813 g/mol. The number of amides is 4. The highest BCUT2D eigenvalue weighted by Gasteiger charge is 2.83. The van der Waals surface area contributed by atoms with Crippen LogP contribution in [0.15, 0.2) is 60.9 Å². The third kappa shape index (κ3) is 6.97. The normalized spacial score (nSPS) is 26.1. The summed E-state index contributed by atoms with van der Waals surface area (Å²) in [6.45, 7) is 12.0. The molecule has 5 heterocycles. The van der Waals surface area contributed by atoms with Crippen LogP contribution in [-0.2, 0) is 25.5 Å². The topological polar surface area (TPSA) is 209 Å². The Morgan fingerprint density at radius 3 is 1.92 bits per heavy atom. The van der Waals surface area contributed by atoms with Gasteiger partial charge >= 0.3 is 12.2 Å². The number of aromatic amines is 2. The maximum atomic E-state index is 14.0. The predicted octanol–water partition coefficient (Wildman–Crippen LogP) is 6.68. The summed E-state index contributed by atoms with van der Waals surface area (Å²) in [5.41, 5.74) is 8.92. The standard InChI is InChI=1S/C48H54N10O6/c1-21(2)39(55-46(61)63-7)44(59)57-42-38-29(48(38,42)6)18-37-51-30-11-9-24(13-34(30)52-37)26-15-32-33(49-19-26)16-27(20-50-32)25-10-12-31-35(14-25)54-43(53-31)36-17-28-23(5)41(28)58(36)45(60)40(22(3)4)56-47(62)64-8/h9-16,19-23,28-29,36,38-42H,17-18H2,1-8H3,(H,51,52)(H,53,54)(H,55,61)(H,56,62)(H,57,59). The first-order valence-electron chi connectivity index (χ1n) is 22.2. The lowest BCUT2D eigenvalue weighted by atomic mass is 9.98. The lowest BCUT2D eigenvalue weighted by Gasteiger charge is -2.32. The van der Waals surface area contributed by atoms with Gasteiger partial charge in [-0.3, -0.25) is 19.6 Å². The Hall–Kier alpha value is -6.58. The van der Waals surface area contributed by atoms with Gasteiger partial charge in [-0.25, -0.2) is 19.6 Å². The van der Waals surface area contributed by atoms with Crippen LogP contribution in [0.1, 0.15) is 65.7 Å². The number of nitrogens with one attached hydrogen (secondary N) is 5. The van der Waals surface area contributed by atoms with Crippen molar-refractivity contribution in [3.8, 4) is 22.3 Å². The lowest BCUT2D eigenvalue weighted by Crippen LogP contribution is -2.52. The van der Waals surface area contributed by atoms with E-state index in [4.69, 9.17) is 29.4 Å². The lowest BCUT2D eigenvalue weighted by molar-refractivity contribution is -0.137. The Bertz CT molecular complexity index is 2870. The molecular formula is C48H54N10O6. The fraction of sp³-hybridized carbons (Fsp3) is 0.458. The molecule has 6 aromatic rings. The summed E-state index contributed by atoms with van der Waals surface area (Å²) in [6, 6.07) is 15.0. The summed E-state index contributed by atoms with van der Waals surface area (Å²) in [4.78, 5) is 79.5. The number of hydrogen-bond donors (Lipinski definition) is 5. The van der Waals surface area contributed by atoms with Gasteiger partial charge in [0.15, 0.2) is 0 Å². The molecule has 4 fully saturated rings. The number of methoxy groups -OCH3 is 2. The van der Waals surface area contributed by atoms with E-state index in [0.29, 0.717) is 23.7 Å². The van der Waals surface area contributed by atoms with Crippen molar-refractivity contribution in [2.75, 3.05) is 14.2 Å². The third-order valence-corrected chi connectivity index (χ3v) is 14.7. The minimum atomic E-state index is -0.702. The number of fused-ring (bicyclic) bond motifs is 5. The van der Waals surface area contributed by atoms with Crippen molar-refractivity contribution >= 4 is 57.1 Å². The first-order chi connectivity index (χ1) is 30.7. The SMILES string of the molecule is COC(=O)NC(C(=O)NC1C2C(Cc3nc4ccc(-c5cnc6cc(-c7ccc8nc(C9CC%10C(C)C%10N9C(=O)C(NC(=O)OC)C(C)C)[nH]c8c7)cnc6c5)cc4[nH]3)C12C)C(C)C. The number of carbonyl (C=O) groups is 4. The Morgan fingerprint density at radius 1 is 0.781 bits per heavy atom. The molecule has 0 radical (unpaired) electrons. The van der Waals surface area contributed by atoms with Crippen molar-refractivity contribution < 1.29 is 28.7 Å². The van der Waals surface area contributed by atoms with Crippen LogP contribution in [0.5, 0.6) is 0 Å². The molecule has 64 heavy (non-hydrogen) atoms. The van der Waals surface area contributed by atoms with Crippen molar-refractivity contribution in [2.45, 2.75) is 84.6 Å². The molecule has 10 atom stereocenters. The van der Waals surface area contributed by atoms with Crippen LogP contribution in [-0.4, -0.2) is 97.2 Å². The van der Waals surface area contributed by atoms with Crippen LogP contribution in [0.25, 0.3) is 55.4 Å². The molecule has 4 aliphatic rings. The van der Waals surface area contributed by atoms with Crippen LogP contribution in [0.2, 0.25) is 0 Å². The van der Waals surface area contributed by atoms with E-state index in [1.165, 1.54) is 14.2 Å². The highest BCUT2D eigenvalue weighted by Crippen LogP contribution is 2.80. The zero-order valence-corrected chi connectivity index (χ0v) is 37.2. The molecule has 3 saturated carbocycles. The molecule has 3 aliphatic carbocycles. The number of alkyl carbamates (subject to hydrolysis) is 2. The number of piperidine rings is 1. The number of rotatable bonds is 12. The summed E-state index contributed by atoms with van der Waals surface area (Å²) >= 11 is 0. The number of pyridine rings is 2.